The summed E-state index contributed by atoms with van der Waals surface area (Å²) in [4.78, 5) is 0. The second-order valence-electron chi connectivity index (χ2n) is 4.31. The van der Waals surface area contributed by atoms with Crippen molar-refractivity contribution in [3.05, 3.63) is 47.3 Å². The van der Waals surface area contributed by atoms with Gasteiger partial charge in [-0.1, -0.05) is 30.7 Å². The van der Waals surface area contributed by atoms with E-state index in [2.05, 4.69) is 18.8 Å². The van der Waals surface area contributed by atoms with Gasteiger partial charge in [-0.05, 0) is 31.2 Å². The van der Waals surface area contributed by atoms with Crippen molar-refractivity contribution in [3.8, 4) is 0 Å². The Morgan fingerprint density at radius 3 is 2.75 bits per heavy atom. The second-order valence-corrected chi connectivity index (χ2v) is 4.72. The molecule has 0 aliphatic carbocycles. The molecule has 1 unspecified atom stereocenters. The maximum absolute atomic E-state index is 13.0. The van der Waals surface area contributed by atoms with Crippen LogP contribution in [0.4, 0.5) is 4.39 Å². The molecule has 1 rings (SSSR count). The molecule has 0 aliphatic rings. The van der Waals surface area contributed by atoms with Crippen molar-refractivity contribution in [2.24, 2.45) is 5.41 Å². The van der Waals surface area contributed by atoms with Crippen molar-refractivity contribution < 1.29 is 4.39 Å². The lowest BCUT2D eigenvalue weighted by molar-refractivity contribution is 0.406. The van der Waals surface area contributed by atoms with Crippen molar-refractivity contribution in [1.29, 1.82) is 0 Å². The molecule has 16 heavy (non-hydrogen) atoms. The van der Waals surface area contributed by atoms with E-state index in [-0.39, 0.29) is 16.3 Å². The third-order valence-corrected chi connectivity index (χ3v) is 2.96. The number of nitrogens with one attached hydrogen (secondary N) is 1. The molecule has 0 aromatic heterocycles. The summed E-state index contributed by atoms with van der Waals surface area (Å²) in [7, 11) is 1.90. The molecule has 1 aromatic rings. The minimum atomic E-state index is -0.376. The van der Waals surface area contributed by atoms with E-state index in [0.717, 1.165) is 18.5 Å². The molecule has 0 saturated carbocycles. The van der Waals surface area contributed by atoms with Crippen LogP contribution in [0.3, 0.4) is 0 Å². The molecule has 1 atom stereocenters. The minimum absolute atomic E-state index is 0.0457. The van der Waals surface area contributed by atoms with Gasteiger partial charge in [-0.3, -0.25) is 0 Å². The zero-order chi connectivity index (χ0) is 12.2. The summed E-state index contributed by atoms with van der Waals surface area (Å²) in [5.41, 5.74) is 0.972. The zero-order valence-electron chi connectivity index (χ0n) is 9.69. The topological polar surface area (TPSA) is 12.0 Å². The summed E-state index contributed by atoms with van der Waals surface area (Å²) in [6.07, 6.45) is 2.71. The van der Waals surface area contributed by atoms with Crippen LogP contribution < -0.4 is 5.32 Å². The summed E-state index contributed by atoms with van der Waals surface area (Å²) in [6.45, 7) is 6.77. The van der Waals surface area contributed by atoms with Gasteiger partial charge in [-0.15, -0.1) is 6.58 Å². The summed E-state index contributed by atoms with van der Waals surface area (Å²) in [5.74, 6) is -0.376. The van der Waals surface area contributed by atoms with Crippen molar-refractivity contribution in [2.45, 2.75) is 13.3 Å². The van der Waals surface area contributed by atoms with Gasteiger partial charge in [0.05, 0.1) is 5.02 Å². The molecular formula is C13H17ClFN. The van der Waals surface area contributed by atoms with Crippen LogP contribution in [0.1, 0.15) is 12.5 Å². The fourth-order valence-electron chi connectivity index (χ4n) is 1.73. The first-order chi connectivity index (χ1) is 7.50. The monoisotopic (exact) mass is 241 g/mol. The molecule has 0 spiro atoms. The van der Waals surface area contributed by atoms with Crippen LogP contribution in [-0.2, 0) is 6.42 Å². The Balaban J connectivity index is 2.86. The Morgan fingerprint density at radius 1 is 1.56 bits per heavy atom. The van der Waals surface area contributed by atoms with Crippen LogP contribution in [0.2, 0.25) is 5.02 Å². The van der Waals surface area contributed by atoms with E-state index >= 15 is 0 Å². The lowest BCUT2D eigenvalue weighted by Crippen LogP contribution is -2.29. The van der Waals surface area contributed by atoms with Crippen LogP contribution in [0.15, 0.2) is 30.9 Å². The lowest BCUT2D eigenvalue weighted by atomic mass is 9.83. The quantitative estimate of drug-likeness (QED) is 0.779. The largest absolute Gasteiger partial charge is 0.319 e. The van der Waals surface area contributed by atoms with Crippen molar-refractivity contribution in [3.63, 3.8) is 0 Å². The van der Waals surface area contributed by atoms with E-state index < -0.39 is 0 Å². The van der Waals surface area contributed by atoms with E-state index in [1.807, 2.05) is 13.1 Å². The third kappa shape index (κ3) is 3.32. The summed E-state index contributed by atoms with van der Waals surface area (Å²) in [6, 6.07) is 4.84. The highest BCUT2D eigenvalue weighted by molar-refractivity contribution is 6.30. The predicted octanol–water partition coefficient (Wildman–Crippen LogP) is 3.43. The molecule has 0 saturated heterocycles. The fraction of sp³-hybridized carbons (Fsp3) is 0.385. The molecule has 0 bridgehead atoms. The Hall–Kier alpha value is -0.860. The molecule has 3 heteroatoms. The first kappa shape index (κ1) is 13.2. The maximum atomic E-state index is 13.0. The van der Waals surface area contributed by atoms with Gasteiger partial charge in [0, 0.05) is 12.0 Å². The van der Waals surface area contributed by atoms with E-state index in [4.69, 9.17) is 11.6 Å². The van der Waals surface area contributed by atoms with E-state index in [0.29, 0.717) is 0 Å². The average molecular weight is 242 g/mol. The Labute approximate surface area is 101 Å². The number of benzene rings is 1. The third-order valence-electron chi connectivity index (χ3n) is 2.67. The van der Waals surface area contributed by atoms with Crippen molar-refractivity contribution in [2.75, 3.05) is 13.6 Å². The highest BCUT2D eigenvalue weighted by atomic mass is 35.5. The normalized spacial score (nSPS) is 14.5. The van der Waals surface area contributed by atoms with E-state index in [1.54, 1.807) is 12.1 Å². The van der Waals surface area contributed by atoms with Crippen LogP contribution in [0, 0.1) is 11.2 Å². The van der Waals surface area contributed by atoms with E-state index in [9.17, 15) is 4.39 Å². The smallest absolute Gasteiger partial charge is 0.141 e. The SMILES string of the molecule is C=CC(C)(CNC)Cc1ccc(F)c(Cl)c1. The van der Waals surface area contributed by atoms with Gasteiger partial charge in [0.2, 0.25) is 0 Å². The molecule has 0 heterocycles. The van der Waals surface area contributed by atoms with Gasteiger partial charge in [-0.25, -0.2) is 4.39 Å². The molecule has 1 aromatic carbocycles. The maximum Gasteiger partial charge on any atom is 0.141 e. The van der Waals surface area contributed by atoms with Gasteiger partial charge < -0.3 is 5.32 Å². The highest BCUT2D eigenvalue weighted by Crippen LogP contribution is 2.25. The van der Waals surface area contributed by atoms with Crippen LogP contribution in [-0.4, -0.2) is 13.6 Å². The number of hydrogen-bond acceptors (Lipinski definition) is 1. The van der Waals surface area contributed by atoms with Gasteiger partial charge >= 0.3 is 0 Å². The van der Waals surface area contributed by atoms with Gasteiger partial charge in [0.1, 0.15) is 5.82 Å². The summed E-state index contributed by atoms with van der Waals surface area (Å²) < 4.78 is 13.0. The molecule has 88 valence electrons. The van der Waals surface area contributed by atoms with Crippen LogP contribution >= 0.6 is 11.6 Å². The first-order valence-electron chi connectivity index (χ1n) is 5.23. The van der Waals surface area contributed by atoms with Crippen molar-refractivity contribution >= 4 is 11.6 Å². The standard InChI is InChI=1S/C13H17ClFN/c1-4-13(2,9-16-3)8-10-5-6-12(15)11(14)7-10/h4-7,16H,1,8-9H2,2-3H3. The minimum Gasteiger partial charge on any atom is -0.319 e. The van der Waals surface area contributed by atoms with Gasteiger partial charge in [0.25, 0.3) is 0 Å². The molecule has 0 radical (unpaired) electrons. The number of hydrogen-bond donors (Lipinski definition) is 1. The summed E-state index contributed by atoms with van der Waals surface area (Å²) in [5, 5.41) is 3.30. The molecule has 1 nitrogen and oxygen atoms in total. The van der Waals surface area contributed by atoms with E-state index in [1.165, 1.54) is 6.07 Å². The number of rotatable bonds is 5. The van der Waals surface area contributed by atoms with Gasteiger partial charge in [-0.2, -0.15) is 0 Å². The molecule has 0 aliphatic heterocycles. The fourth-order valence-corrected chi connectivity index (χ4v) is 1.93. The first-order valence-corrected chi connectivity index (χ1v) is 5.61. The Kier molecular flexibility index (Phi) is 4.51. The molecule has 0 amide bonds. The molecule has 0 fully saturated rings. The van der Waals surface area contributed by atoms with Crippen LogP contribution in [0.25, 0.3) is 0 Å². The molecule has 1 N–H and O–H groups in total. The van der Waals surface area contributed by atoms with Crippen LogP contribution in [0.5, 0.6) is 0 Å². The Bertz CT molecular complexity index is 378. The predicted molar refractivity (Wildman–Crippen MR) is 67.3 cm³/mol. The summed E-state index contributed by atoms with van der Waals surface area (Å²) >= 11 is 5.75. The second kappa shape index (κ2) is 5.46. The average Bonchev–Trinajstić information content (AvgIpc) is 2.24. The van der Waals surface area contributed by atoms with Gasteiger partial charge in [0.15, 0.2) is 0 Å². The molecular weight excluding hydrogens is 225 g/mol. The number of halogens is 2. The highest BCUT2D eigenvalue weighted by Gasteiger charge is 2.20. The lowest BCUT2D eigenvalue weighted by Gasteiger charge is -2.25. The van der Waals surface area contributed by atoms with Crippen molar-refractivity contribution in [1.82, 2.24) is 5.32 Å². The Morgan fingerprint density at radius 2 is 2.25 bits per heavy atom. The zero-order valence-corrected chi connectivity index (χ0v) is 10.4.